The second-order valence-electron chi connectivity index (χ2n) is 4.98. The number of carbonyl (C=O) groups excluding carboxylic acids is 2. The van der Waals surface area contributed by atoms with Gasteiger partial charge in [0.25, 0.3) is 5.91 Å². The molecule has 0 unspecified atom stereocenters. The van der Waals surface area contributed by atoms with Gasteiger partial charge in [-0.1, -0.05) is 29.8 Å². The first-order valence-electron chi connectivity index (χ1n) is 6.54. The van der Waals surface area contributed by atoms with E-state index in [1.807, 2.05) is 19.1 Å². The predicted octanol–water partition coefficient (Wildman–Crippen LogP) is 3.40. The Balaban J connectivity index is 1.87. The van der Waals surface area contributed by atoms with E-state index in [4.69, 9.17) is 11.6 Å². The van der Waals surface area contributed by atoms with Crippen LogP contribution in [0.4, 0.5) is 11.4 Å². The highest BCUT2D eigenvalue weighted by Crippen LogP contribution is 2.27. The van der Waals surface area contributed by atoms with E-state index in [2.05, 4.69) is 10.6 Å². The molecule has 0 bridgehead atoms. The molecule has 2 amide bonds. The fraction of sp³-hybridized carbons (Fsp3) is 0.125. The van der Waals surface area contributed by atoms with Gasteiger partial charge in [0.1, 0.15) is 0 Å². The molecule has 2 aromatic rings. The lowest BCUT2D eigenvalue weighted by Gasteiger charge is -2.11. The van der Waals surface area contributed by atoms with E-state index < -0.39 is 0 Å². The summed E-state index contributed by atoms with van der Waals surface area (Å²) in [6.07, 6.45) is 0.362. The van der Waals surface area contributed by atoms with Gasteiger partial charge in [0.2, 0.25) is 5.91 Å². The van der Waals surface area contributed by atoms with E-state index in [0.717, 1.165) is 11.1 Å². The maximum Gasteiger partial charge on any atom is 0.255 e. The molecule has 106 valence electrons. The molecule has 0 aliphatic carbocycles. The fourth-order valence-corrected chi connectivity index (χ4v) is 2.60. The maximum absolute atomic E-state index is 12.3. The average molecular weight is 301 g/mol. The minimum absolute atomic E-state index is 0.0514. The van der Waals surface area contributed by atoms with Gasteiger partial charge >= 0.3 is 0 Å². The van der Waals surface area contributed by atoms with Crippen LogP contribution in [0.3, 0.4) is 0 Å². The number of anilines is 2. The molecule has 3 rings (SSSR count). The molecule has 0 saturated carbocycles. The molecule has 1 aliphatic heterocycles. The van der Waals surface area contributed by atoms with Crippen LogP contribution in [0.5, 0.6) is 0 Å². The van der Waals surface area contributed by atoms with E-state index >= 15 is 0 Å². The lowest BCUT2D eigenvalue weighted by atomic mass is 10.1. The summed E-state index contributed by atoms with van der Waals surface area (Å²) in [6, 6.07) is 10.6. The highest BCUT2D eigenvalue weighted by atomic mass is 35.5. The molecular weight excluding hydrogens is 288 g/mol. The van der Waals surface area contributed by atoms with Gasteiger partial charge < -0.3 is 10.6 Å². The molecule has 0 atom stereocenters. The summed E-state index contributed by atoms with van der Waals surface area (Å²) < 4.78 is 0. The Kier molecular flexibility index (Phi) is 3.39. The first kappa shape index (κ1) is 13.6. The molecule has 2 aromatic carbocycles. The molecule has 0 aromatic heterocycles. The molecule has 2 N–H and O–H groups in total. The lowest BCUT2D eigenvalue weighted by molar-refractivity contribution is -0.115. The number of hydrogen-bond acceptors (Lipinski definition) is 2. The van der Waals surface area contributed by atoms with Crippen LogP contribution < -0.4 is 10.6 Å². The van der Waals surface area contributed by atoms with E-state index in [-0.39, 0.29) is 11.8 Å². The van der Waals surface area contributed by atoms with Crippen LogP contribution in [0, 0.1) is 6.92 Å². The maximum atomic E-state index is 12.3. The monoisotopic (exact) mass is 300 g/mol. The molecule has 0 fully saturated rings. The Bertz CT molecular complexity index is 736. The number of rotatable bonds is 2. The lowest BCUT2D eigenvalue weighted by Crippen LogP contribution is -2.13. The van der Waals surface area contributed by atoms with Crippen molar-refractivity contribution in [3.05, 3.63) is 58.1 Å². The zero-order chi connectivity index (χ0) is 15.0. The van der Waals surface area contributed by atoms with E-state index in [9.17, 15) is 9.59 Å². The smallest absolute Gasteiger partial charge is 0.255 e. The van der Waals surface area contributed by atoms with Crippen LogP contribution >= 0.6 is 11.6 Å². The highest BCUT2D eigenvalue weighted by Gasteiger charge is 2.19. The first-order chi connectivity index (χ1) is 10.0. The molecule has 1 aliphatic rings. The minimum Gasteiger partial charge on any atom is -0.326 e. The Morgan fingerprint density at radius 1 is 1.29 bits per heavy atom. The van der Waals surface area contributed by atoms with Crippen molar-refractivity contribution in [2.75, 3.05) is 10.6 Å². The zero-order valence-electron chi connectivity index (χ0n) is 11.4. The number of carbonyl (C=O) groups is 2. The van der Waals surface area contributed by atoms with Crippen molar-refractivity contribution >= 4 is 34.8 Å². The van der Waals surface area contributed by atoms with Gasteiger partial charge in [0.15, 0.2) is 0 Å². The average Bonchev–Trinajstić information content (AvgIpc) is 2.81. The molecule has 0 saturated heterocycles. The van der Waals surface area contributed by atoms with Crippen molar-refractivity contribution < 1.29 is 9.59 Å². The van der Waals surface area contributed by atoms with Gasteiger partial charge in [-0.2, -0.15) is 0 Å². The van der Waals surface area contributed by atoms with Crippen LogP contribution in [0.2, 0.25) is 5.02 Å². The van der Waals surface area contributed by atoms with Gasteiger partial charge in [-0.25, -0.2) is 0 Å². The van der Waals surface area contributed by atoms with Crippen LogP contribution in [0.25, 0.3) is 0 Å². The first-order valence-corrected chi connectivity index (χ1v) is 6.91. The van der Waals surface area contributed by atoms with Gasteiger partial charge in [-0.3, -0.25) is 9.59 Å². The van der Waals surface area contributed by atoms with Crippen molar-refractivity contribution in [2.45, 2.75) is 13.3 Å². The van der Waals surface area contributed by atoms with Crippen molar-refractivity contribution in [2.24, 2.45) is 0 Å². The minimum atomic E-state index is -0.254. The van der Waals surface area contributed by atoms with Crippen molar-refractivity contribution in [1.29, 1.82) is 0 Å². The van der Waals surface area contributed by atoms with Gasteiger partial charge in [0, 0.05) is 11.3 Å². The molecule has 0 radical (unpaired) electrons. The van der Waals surface area contributed by atoms with Crippen molar-refractivity contribution in [1.82, 2.24) is 0 Å². The predicted molar refractivity (Wildman–Crippen MR) is 82.9 cm³/mol. The van der Waals surface area contributed by atoms with Gasteiger partial charge in [0.05, 0.1) is 17.1 Å². The summed E-state index contributed by atoms with van der Waals surface area (Å²) in [4.78, 5) is 23.6. The standard InChI is InChI=1S/C16H13ClN2O2/c1-9-3-2-4-12(17)15(9)19-16(21)11-6-5-10-8-14(20)18-13(10)7-11/h2-7H,8H2,1H3,(H,18,20)(H,19,21). The molecule has 21 heavy (non-hydrogen) atoms. The normalized spacial score (nSPS) is 12.8. The summed E-state index contributed by atoms with van der Waals surface area (Å²) in [5, 5.41) is 6.05. The van der Waals surface area contributed by atoms with E-state index in [1.165, 1.54) is 0 Å². The summed E-state index contributed by atoms with van der Waals surface area (Å²) in [6.45, 7) is 1.88. The number of benzene rings is 2. The number of amides is 2. The van der Waals surface area contributed by atoms with E-state index in [1.54, 1.807) is 24.3 Å². The second-order valence-corrected chi connectivity index (χ2v) is 5.39. The Hall–Kier alpha value is -2.33. The highest BCUT2D eigenvalue weighted by molar-refractivity contribution is 6.34. The topological polar surface area (TPSA) is 58.2 Å². The van der Waals surface area contributed by atoms with Crippen LogP contribution in [0.1, 0.15) is 21.5 Å². The summed E-state index contributed by atoms with van der Waals surface area (Å²) >= 11 is 6.10. The Morgan fingerprint density at radius 2 is 2.10 bits per heavy atom. The molecule has 5 heteroatoms. The Labute approximate surface area is 127 Å². The number of fused-ring (bicyclic) bond motifs is 1. The third-order valence-electron chi connectivity index (χ3n) is 3.46. The number of aryl methyl sites for hydroxylation is 1. The number of nitrogens with one attached hydrogen (secondary N) is 2. The fourth-order valence-electron chi connectivity index (χ4n) is 2.33. The van der Waals surface area contributed by atoms with Gasteiger partial charge in [-0.15, -0.1) is 0 Å². The third-order valence-corrected chi connectivity index (χ3v) is 3.77. The molecule has 4 nitrogen and oxygen atoms in total. The SMILES string of the molecule is Cc1cccc(Cl)c1NC(=O)c1ccc2c(c1)NC(=O)C2. The molecular formula is C16H13ClN2O2. The number of para-hydroxylation sites is 1. The molecule has 0 spiro atoms. The number of halogens is 1. The second kappa shape index (κ2) is 5.22. The zero-order valence-corrected chi connectivity index (χ0v) is 12.1. The quantitative estimate of drug-likeness (QED) is 0.893. The van der Waals surface area contributed by atoms with Crippen LogP contribution in [0.15, 0.2) is 36.4 Å². The summed E-state index contributed by atoms with van der Waals surface area (Å²) in [5.41, 5.74) is 3.59. The summed E-state index contributed by atoms with van der Waals surface area (Å²) in [7, 11) is 0. The summed E-state index contributed by atoms with van der Waals surface area (Å²) in [5.74, 6) is -0.306. The molecule has 1 heterocycles. The van der Waals surface area contributed by atoms with Crippen molar-refractivity contribution in [3.8, 4) is 0 Å². The largest absolute Gasteiger partial charge is 0.326 e. The van der Waals surface area contributed by atoms with Crippen molar-refractivity contribution in [3.63, 3.8) is 0 Å². The Morgan fingerprint density at radius 3 is 2.86 bits per heavy atom. The van der Waals surface area contributed by atoms with Crippen LogP contribution in [-0.4, -0.2) is 11.8 Å². The van der Waals surface area contributed by atoms with Gasteiger partial charge in [-0.05, 0) is 36.2 Å². The third kappa shape index (κ3) is 2.62. The van der Waals surface area contributed by atoms with Crippen LogP contribution in [-0.2, 0) is 11.2 Å². The van der Waals surface area contributed by atoms with E-state index in [0.29, 0.717) is 28.4 Å². The number of hydrogen-bond donors (Lipinski definition) is 2.